The van der Waals surface area contributed by atoms with Crippen molar-refractivity contribution in [2.75, 3.05) is 6.79 Å². The van der Waals surface area contributed by atoms with Gasteiger partial charge in [-0.3, -0.25) is 0 Å². The molecule has 0 atom stereocenters. The Morgan fingerprint density at radius 3 is 2.53 bits per heavy atom. The molecule has 1 aromatic carbocycles. The number of fused-ring (bicyclic) bond motifs is 1. The fourth-order valence-electron chi connectivity index (χ4n) is 1.62. The molecule has 2 aromatic rings. The Kier molecular flexibility index (Phi) is 3.76. The second-order valence-electron chi connectivity index (χ2n) is 3.63. The molecular formula is C11H4BrCl2IN2O2. The largest absolute Gasteiger partial charge is 0.454 e. The first kappa shape index (κ1) is 13.7. The molecule has 1 aliphatic heterocycles. The summed E-state index contributed by atoms with van der Waals surface area (Å²) in [4.78, 5) is 8.43. The molecule has 0 radical (unpaired) electrons. The molecule has 0 saturated heterocycles. The van der Waals surface area contributed by atoms with Crippen molar-refractivity contribution < 1.29 is 9.47 Å². The minimum Gasteiger partial charge on any atom is -0.454 e. The fraction of sp³-hybridized carbons (Fsp3) is 0.0909. The molecular weight excluding hydrogens is 470 g/mol. The van der Waals surface area contributed by atoms with Crippen molar-refractivity contribution in [1.29, 1.82) is 0 Å². The molecule has 0 N–H and O–H groups in total. The molecule has 3 rings (SSSR count). The van der Waals surface area contributed by atoms with Gasteiger partial charge in [-0.25, -0.2) is 9.97 Å². The first-order chi connectivity index (χ1) is 9.06. The van der Waals surface area contributed by atoms with Gasteiger partial charge in [-0.05, 0) is 50.7 Å². The van der Waals surface area contributed by atoms with E-state index in [9.17, 15) is 0 Å². The molecule has 0 amide bonds. The van der Waals surface area contributed by atoms with Crippen molar-refractivity contribution >= 4 is 61.7 Å². The minimum atomic E-state index is 0.201. The number of ether oxygens (including phenoxy) is 2. The van der Waals surface area contributed by atoms with Gasteiger partial charge in [0.1, 0.15) is 10.3 Å². The highest BCUT2D eigenvalue weighted by Crippen LogP contribution is 2.42. The van der Waals surface area contributed by atoms with Gasteiger partial charge in [-0.1, -0.05) is 23.2 Å². The van der Waals surface area contributed by atoms with Crippen LogP contribution in [0.5, 0.6) is 11.5 Å². The maximum Gasteiger partial charge on any atom is 0.231 e. The zero-order valence-corrected chi connectivity index (χ0v) is 14.3. The molecule has 0 bridgehead atoms. The lowest BCUT2D eigenvalue weighted by atomic mass is 10.2. The lowest BCUT2D eigenvalue weighted by Crippen LogP contribution is -1.94. The zero-order valence-electron chi connectivity index (χ0n) is 9.08. The van der Waals surface area contributed by atoms with Crippen LogP contribution in [0, 0.1) is 3.57 Å². The zero-order chi connectivity index (χ0) is 13.6. The summed E-state index contributed by atoms with van der Waals surface area (Å²) in [5, 5.41) is 0.647. The van der Waals surface area contributed by atoms with Crippen molar-refractivity contribution in [3.63, 3.8) is 0 Å². The van der Waals surface area contributed by atoms with E-state index in [-0.39, 0.29) is 6.79 Å². The third-order valence-electron chi connectivity index (χ3n) is 2.46. The maximum atomic E-state index is 6.02. The molecule has 8 heteroatoms. The summed E-state index contributed by atoms with van der Waals surface area (Å²) in [6.45, 7) is 0.201. The van der Waals surface area contributed by atoms with Gasteiger partial charge in [0, 0.05) is 5.56 Å². The Morgan fingerprint density at radius 1 is 1.16 bits per heavy atom. The van der Waals surface area contributed by atoms with E-state index in [0.29, 0.717) is 31.2 Å². The Labute approximate surface area is 140 Å². The van der Waals surface area contributed by atoms with Crippen LogP contribution in [-0.2, 0) is 0 Å². The van der Waals surface area contributed by atoms with Gasteiger partial charge < -0.3 is 9.47 Å². The smallest absolute Gasteiger partial charge is 0.231 e. The molecule has 0 saturated carbocycles. The summed E-state index contributed by atoms with van der Waals surface area (Å²) in [7, 11) is 0. The van der Waals surface area contributed by atoms with E-state index in [1.807, 2.05) is 28.7 Å². The molecule has 0 aliphatic carbocycles. The molecule has 0 spiro atoms. The number of nitrogens with zero attached hydrogens (tertiary/aromatic N) is 2. The summed E-state index contributed by atoms with van der Waals surface area (Å²) in [5.74, 6) is 1.75. The van der Waals surface area contributed by atoms with Crippen LogP contribution in [0.25, 0.3) is 11.4 Å². The second kappa shape index (κ2) is 5.23. The van der Waals surface area contributed by atoms with E-state index in [0.717, 1.165) is 10.0 Å². The number of halogens is 4. The summed E-state index contributed by atoms with van der Waals surface area (Å²) >= 11 is 17.4. The Bertz CT molecular complexity index is 661. The topological polar surface area (TPSA) is 44.2 Å². The van der Waals surface area contributed by atoms with Crippen LogP contribution in [0.4, 0.5) is 0 Å². The lowest BCUT2D eigenvalue weighted by molar-refractivity contribution is 0.173. The number of hydrogen-bond donors (Lipinski definition) is 0. The molecule has 1 aromatic heterocycles. The van der Waals surface area contributed by atoms with Crippen LogP contribution >= 0.6 is 61.7 Å². The Hall–Kier alpha value is -0.310. The van der Waals surface area contributed by atoms with Crippen LogP contribution in [-0.4, -0.2) is 16.8 Å². The normalized spacial score (nSPS) is 12.8. The average molecular weight is 474 g/mol. The van der Waals surface area contributed by atoms with Gasteiger partial charge >= 0.3 is 0 Å². The monoisotopic (exact) mass is 472 g/mol. The fourth-order valence-corrected chi connectivity index (χ4v) is 2.80. The van der Waals surface area contributed by atoms with Gasteiger partial charge in [0.2, 0.25) is 6.79 Å². The third kappa shape index (κ3) is 2.51. The quantitative estimate of drug-likeness (QED) is 0.450. The summed E-state index contributed by atoms with van der Waals surface area (Å²) in [6.07, 6.45) is 0. The minimum absolute atomic E-state index is 0.201. The highest BCUT2D eigenvalue weighted by Gasteiger charge is 2.20. The van der Waals surface area contributed by atoms with Crippen molar-refractivity contribution in [3.05, 3.63) is 30.5 Å². The predicted molar refractivity (Wildman–Crippen MR) is 84.0 cm³/mol. The average Bonchev–Trinajstić information content (AvgIpc) is 2.84. The molecule has 19 heavy (non-hydrogen) atoms. The van der Waals surface area contributed by atoms with E-state index < -0.39 is 0 Å². The van der Waals surface area contributed by atoms with E-state index in [4.69, 9.17) is 32.7 Å². The Morgan fingerprint density at radius 2 is 1.84 bits per heavy atom. The first-order valence-corrected chi connectivity index (χ1v) is 7.67. The van der Waals surface area contributed by atoms with Crippen LogP contribution in [0.15, 0.2) is 16.6 Å². The molecule has 2 heterocycles. The number of rotatable bonds is 1. The van der Waals surface area contributed by atoms with Crippen LogP contribution < -0.4 is 9.47 Å². The highest BCUT2D eigenvalue weighted by molar-refractivity contribution is 14.1. The number of hydrogen-bond acceptors (Lipinski definition) is 4. The van der Waals surface area contributed by atoms with E-state index in [1.54, 1.807) is 6.07 Å². The van der Waals surface area contributed by atoms with Gasteiger partial charge in [0.15, 0.2) is 17.3 Å². The standard InChI is InChI=1S/C11H4BrCl2IN2O2/c12-5-1-4(2-6-8(5)19-3-18-6)11-16-9(13)7(15)10(14)17-11/h1-2H,3H2. The van der Waals surface area contributed by atoms with Gasteiger partial charge in [0.05, 0.1) is 8.04 Å². The first-order valence-electron chi connectivity index (χ1n) is 5.04. The summed E-state index contributed by atoms with van der Waals surface area (Å²) < 4.78 is 12.1. The maximum absolute atomic E-state index is 6.02. The van der Waals surface area contributed by atoms with Crippen molar-refractivity contribution in [1.82, 2.24) is 9.97 Å². The molecule has 0 fully saturated rings. The predicted octanol–water partition coefficient (Wildman–Crippen LogP) is 4.55. The van der Waals surface area contributed by atoms with Crippen LogP contribution in [0.1, 0.15) is 0 Å². The lowest BCUT2D eigenvalue weighted by Gasteiger charge is -2.06. The van der Waals surface area contributed by atoms with Crippen LogP contribution in [0.3, 0.4) is 0 Å². The van der Waals surface area contributed by atoms with E-state index in [2.05, 4.69) is 25.9 Å². The highest BCUT2D eigenvalue weighted by atomic mass is 127. The SMILES string of the molecule is Clc1nc(-c2cc(Br)c3c(c2)OCO3)nc(Cl)c1I. The summed E-state index contributed by atoms with van der Waals surface area (Å²) in [5.41, 5.74) is 0.747. The summed E-state index contributed by atoms with van der Waals surface area (Å²) in [6, 6.07) is 3.63. The van der Waals surface area contributed by atoms with Gasteiger partial charge in [0.25, 0.3) is 0 Å². The van der Waals surface area contributed by atoms with Crippen LogP contribution in [0.2, 0.25) is 10.3 Å². The number of benzene rings is 1. The van der Waals surface area contributed by atoms with E-state index >= 15 is 0 Å². The van der Waals surface area contributed by atoms with Crippen molar-refractivity contribution in [3.8, 4) is 22.9 Å². The molecule has 98 valence electrons. The third-order valence-corrected chi connectivity index (χ3v) is 5.25. The van der Waals surface area contributed by atoms with Gasteiger partial charge in [-0.2, -0.15) is 0 Å². The Balaban J connectivity index is 2.15. The molecule has 1 aliphatic rings. The molecule has 4 nitrogen and oxygen atoms in total. The van der Waals surface area contributed by atoms with Gasteiger partial charge in [-0.15, -0.1) is 0 Å². The second-order valence-corrected chi connectivity index (χ2v) is 6.28. The number of aromatic nitrogens is 2. The van der Waals surface area contributed by atoms with Crippen molar-refractivity contribution in [2.24, 2.45) is 0 Å². The molecule has 0 unspecified atom stereocenters. The van der Waals surface area contributed by atoms with Crippen molar-refractivity contribution in [2.45, 2.75) is 0 Å². The van der Waals surface area contributed by atoms with E-state index in [1.165, 1.54) is 0 Å².